The van der Waals surface area contributed by atoms with Crippen molar-refractivity contribution in [1.82, 2.24) is 4.31 Å². The minimum absolute atomic E-state index is 0.0151. The number of anilines is 1. The summed E-state index contributed by atoms with van der Waals surface area (Å²) in [7, 11) is -0.847. The zero-order chi connectivity index (χ0) is 20.2. The number of sulfonamides is 1. The summed E-state index contributed by atoms with van der Waals surface area (Å²) in [5.41, 5.74) is 0.350. The van der Waals surface area contributed by atoms with Gasteiger partial charge in [-0.05, 0) is 49.4 Å². The smallest absolute Gasteiger partial charge is 0.338 e. The van der Waals surface area contributed by atoms with Crippen LogP contribution in [0.5, 0.6) is 0 Å². The Hall–Kier alpha value is -2.78. The van der Waals surface area contributed by atoms with E-state index in [1.807, 2.05) is 0 Å². The van der Waals surface area contributed by atoms with Gasteiger partial charge in [-0.3, -0.25) is 4.79 Å². The second kappa shape index (κ2) is 8.28. The fraction of sp³-hybridized carbons (Fsp3) is 0.222. The fourth-order valence-corrected chi connectivity index (χ4v) is 3.01. The van der Waals surface area contributed by atoms with E-state index in [0.29, 0.717) is 0 Å². The number of nitrogens with zero attached hydrogens (tertiary/aromatic N) is 1. The largest absolute Gasteiger partial charge is 0.449 e. The van der Waals surface area contributed by atoms with Crippen molar-refractivity contribution >= 4 is 27.6 Å². The van der Waals surface area contributed by atoms with Crippen LogP contribution >= 0.6 is 0 Å². The SMILES string of the molecule is C[C@@H](OC(=O)c1ccc(F)cc1)C(=O)Nc1cccc(S(=O)(=O)N(C)C)c1. The van der Waals surface area contributed by atoms with Crippen LogP contribution in [0.15, 0.2) is 53.4 Å². The van der Waals surface area contributed by atoms with Crippen LogP contribution in [0, 0.1) is 5.82 Å². The molecule has 0 bridgehead atoms. The Kier molecular flexibility index (Phi) is 6.29. The van der Waals surface area contributed by atoms with Crippen LogP contribution in [0.2, 0.25) is 0 Å². The van der Waals surface area contributed by atoms with E-state index in [9.17, 15) is 22.4 Å². The Morgan fingerprint density at radius 1 is 1.11 bits per heavy atom. The number of esters is 1. The molecule has 1 amide bonds. The molecule has 2 rings (SSSR count). The molecule has 0 fully saturated rings. The number of ether oxygens (including phenoxy) is 1. The normalized spacial score (nSPS) is 12.5. The molecule has 2 aromatic rings. The molecule has 1 N–H and O–H groups in total. The standard InChI is InChI=1S/C18H19FN2O5S/c1-12(26-18(23)13-7-9-14(19)10-8-13)17(22)20-15-5-4-6-16(11-15)27(24,25)21(2)3/h4-12H,1-3H3,(H,20,22)/t12-/m1/s1. The Bertz CT molecular complexity index is 942. The van der Waals surface area contributed by atoms with E-state index in [0.717, 1.165) is 16.4 Å². The van der Waals surface area contributed by atoms with Crippen molar-refractivity contribution in [3.63, 3.8) is 0 Å². The molecule has 144 valence electrons. The van der Waals surface area contributed by atoms with Crippen molar-refractivity contribution in [2.75, 3.05) is 19.4 Å². The summed E-state index contributed by atoms with van der Waals surface area (Å²) in [6.07, 6.45) is -1.14. The molecule has 0 saturated carbocycles. The second-order valence-electron chi connectivity index (χ2n) is 5.86. The van der Waals surface area contributed by atoms with E-state index < -0.39 is 33.8 Å². The molecule has 0 aliphatic heterocycles. The van der Waals surface area contributed by atoms with E-state index in [-0.39, 0.29) is 16.1 Å². The van der Waals surface area contributed by atoms with Gasteiger partial charge in [-0.2, -0.15) is 0 Å². The number of amides is 1. The highest BCUT2D eigenvalue weighted by Gasteiger charge is 2.21. The highest BCUT2D eigenvalue weighted by atomic mass is 32.2. The maximum atomic E-state index is 12.9. The quantitative estimate of drug-likeness (QED) is 0.759. The second-order valence-corrected chi connectivity index (χ2v) is 8.01. The molecule has 0 unspecified atom stereocenters. The summed E-state index contributed by atoms with van der Waals surface area (Å²) in [5.74, 6) is -1.91. The number of carbonyl (C=O) groups excluding carboxylic acids is 2. The molecule has 1 atom stereocenters. The molecule has 0 spiro atoms. The molecular formula is C18H19FN2O5S. The average molecular weight is 394 g/mol. The molecule has 0 radical (unpaired) electrons. The van der Waals surface area contributed by atoms with Crippen LogP contribution in [-0.4, -0.2) is 44.8 Å². The first kappa shape index (κ1) is 20.5. The lowest BCUT2D eigenvalue weighted by atomic mass is 10.2. The number of halogens is 1. The maximum Gasteiger partial charge on any atom is 0.338 e. The van der Waals surface area contributed by atoms with Crippen LogP contribution in [0.25, 0.3) is 0 Å². The van der Waals surface area contributed by atoms with E-state index in [1.54, 1.807) is 0 Å². The highest BCUT2D eigenvalue weighted by molar-refractivity contribution is 7.89. The Balaban J connectivity index is 2.06. The Labute approximate surface area is 156 Å². The van der Waals surface area contributed by atoms with Crippen molar-refractivity contribution in [2.24, 2.45) is 0 Å². The average Bonchev–Trinajstić information content (AvgIpc) is 2.62. The van der Waals surface area contributed by atoms with Gasteiger partial charge in [-0.25, -0.2) is 21.9 Å². The van der Waals surface area contributed by atoms with Crippen molar-refractivity contribution in [1.29, 1.82) is 0 Å². The summed E-state index contributed by atoms with van der Waals surface area (Å²) in [6, 6.07) is 10.4. The van der Waals surface area contributed by atoms with Gasteiger partial charge >= 0.3 is 5.97 Å². The van der Waals surface area contributed by atoms with Gasteiger partial charge in [-0.15, -0.1) is 0 Å². The molecule has 0 aliphatic carbocycles. The van der Waals surface area contributed by atoms with Gasteiger partial charge in [0, 0.05) is 19.8 Å². The predicted octanol–water partition coefficient (Wildman–Crippen LogP) is 2.26. The third-order valence-corrected chi connectivity index (χ3v) is 5.42. The summed E-state index contributed by atoms with van der Waals surface area (Å²) < 4.78 is 43.3. The number of rotatable bonds is 6. The third kappa shape index (κ3) is 5.11. The van der Waals surface area contributed by atoms with Crippen LogP contribution in [0.1, 0.15) is 17.3 Å². The van der Waals surface area contributed by atoms with Crippen LogP contribution in [0.4, 0.5) is 10.1 Å². The van der Waals surface area contributed by atoms with Crippen LogP contribution in [-0.2, 0) is 19.6 Å². The molecule has 0 aromatic heterocycles. The first-order valence-electron chi connectivity index (χ1n) is 7.91. The van der Waals surface area contributed by atoms with Gasteiger partial charge < -0.3 is 10.1 Å². The Morgan fingerprint density at radius 2 is 1.74 bits per heavy atom. The summed E-state index contributed by atoms with van der Waals surface area (Å²) in [6.45, 7) is 1.37. The predicted molar refractivity (Wildman–Crippen MR) is 97.2 cm³/mol. The first-order valence-corrected chi connectivity index (χ1v) is 9.35. The van der Waals surface area contributed by atoms with Gasteiger partial charge in [-0.1, -0.05) is 6.07 Å². The van der Waals surface area contributed by atoms with Crippen molar-refractivity contribution in [3.05, 3.63) is 59.9 Å². The summed E-state index contributed by atoms with van der Waals surface area (Å²) >= 11 is 0. The van der Waals surface area contributed by atoms with Gasteiger partial charge in [0.15, 0.2) is 6.10 Å². The van der Waals surface area contributed by atoms with Crippen LogP contribution < -0.4 is 5.32 Å². The summed E-state index contributed by atoms with van der Waals surface area (Å²) in [4.78, 5) is 24.2. The Morgan fingerprint density at radius 3 is 2.33 bits per heavy atom. The zero-order valence-electron chi connectivity index (χ0n) is 15.0. The topological polar surface area (TPSA) is 92.8 Å². The summed E-state index contributed by atoms with van der Waals surface area (Å²) in [5, 5.41) is 2.50. The zero-order valence-corrected chi connectivity index (χ0v) is 15.8. The molecule has 7 nitrogen and oxygen atoms in total. The van der Waals surface area contributed by atoms with E-state index in [1.165, 1.54) is 57.4 Å². The molecular weight excluding hydrogens is 375 g/mol. The number of benzene rings is 2. The number of carbonyl (C=O) groups is 2. The van der Waals surface area contributed by atoms with Crippen molar-refractivity contribution in [2.45, 2.75) is 17.9 Å². The van der Waals surface area contributed by atoms with Gasteiger partial charge in [0.25, 0.3) is 5.91 Å². The lowest BCUT2D eigenvalue weighted by Gasteiger charge is -2.15. The molecule has 0 heterocycles. The van der Waals surface area contributed by atoms with Gasteiger partial charge in [0.2, 0.25) is 10.0 Å². The van der Waals surface area contributed by atoms with Gasteiger partial charge in [0.05, 0.1) is 10.5 Å². The molecule has 0 saturated heterocycles. The van der Waals surface area contributed by atoms with E-state index in [4.69, 9.17) is 4.74 Å². The molecule has 27 heavy (non-hydrogen) atoms. The highest BCUT2D eigenvalue weighted by Crippen LogP contribution is 2.18. The number of hydrogen-bond acceptors (Lipinski definition) is 5. The maximum absolute atomic E-state index is 12.9. The van der Waals surface area contributed by atoms with E-state index >= 15 is 0 Å². The molecule has 9 heteroatoms. The monoisotopic (exact) mass is 394 g/mol. The third-order valence-electron chi connectivity index (χ3n) is 3.61. The minimum atomic E-state index is -3.65. The number of nitrogens with one attached hydrogen (secondary N) is 1. The fourth-order valence-electron chi connectivity index (χ4n) is 2.06. The van der Waals surface area contributed by atoms with Gasteiger partial charge in [0.1, 0.15) is 5.82 Å². The van der Waals surface area contributed by atoms with Crippen LogP contribution in [0.3, 0.4) is 0 Å². The van der Waals surface area contributed by atoms with Crippen molar-refractivity contribution in [3.8, 4) is 0 Å². The molecule has 0 aliphatic rings. The lowest BCUT2D eigenvalue weighted by molar-refractivity contribution is -0.123. The minimum Gasteiger partial charge on any atom is -0.449 e. The first-order chi connectivity index (χ1) is 12.6. The molecule has 2 aromatic carbocycles. The van der Waals surface area contributed by atoms with Crippen molar-refractivity contribution < 1.29 is 27.1 Å². The lowest BCUT2D eigenvalue weighted by Crippen LogP contribution is -2.30. The number of hydrogen-bond donors (Lipinski definition) is 1. The van der Waals surface area contributed by atoms with E-state index in [2.05, 4.69) is 5.32 Å².